The van der Waals surface area contributed by atoms with Gasteiger partial charge in [0, 0.05) is 17.3 Å². The minimum atomic E-state index is -4.51. The normalized spacial score (nSPS) is 12.6. The van der Waals surface area contributed by atoms with E-state index in [9.17, 15) is 18.0 Å². The summed E-state index contributed by atoms with van der Waals surface area (Å²) in [5, 5.41) is 9.73. The Labute approximate surface area is 158 Å². The fraction of sp³-hybridized carbons (Fsp3) is 0.158. The summed E-state index contributed by atoms with van der Waals surface area (Å²) in [5.41, 5.74) is 0.627. The van der Waals surface area contributed by atoms with Gasteiger partial charge in [-0.3, -0.25) is 9.89 Å². The van der Waals surface area contributed by atoms with E-state index in [4.69, 9.17) is 11.6 Å². The van der Waals surface area contributed by atoms with Gasteiger partial charge in [-0.25, -0.2) is 0 Å². The van der Waals surface area contributed by atoms with Gasteiger partial charge in [-0.05, 0) is 36.8 Å². The maximum atomic E-state index is 13.5. The smallest absolute Gasteiger partial charge is 0.373 e. The van der Waals surface area contributed by atoms with Crippen molar-refractivity contribution in [2.24, 2.45) is 0 Å². The van der Waals surface area contributed by atoms with Crippen molar-refractivity contribution in [3.05, 3.63) is 82.1 Å². The number of ketones is 1. The molecule has 3 aromatic rings. The van der Waals surface area contributed by atoms with E-state index in [1.165, 1.54) is 37.5 Å². The third kappa shape index (κ3) is 4.14. The summed E-state index contributed by atoms with van der Waals surface area (Å²) >= 11 is 6.24. The molecule has 4 nitrogen and oxygen atoms in total. The molecule has 1 aromatic heterocycles. The average Bonchev–Trinajstić information content (AvgIpc) is 3.14. The van der Waals surface area contributed by atoms with E-state index < -0.39 is 17.8 Å². The van der Waals surface area contributed by atoms with Gasteiger partial charge in [-0.2, -0.15) is 18.3 Å². The highest BCUT2D eigenvalue weighted by Gasteiger charge is 2.35. The summed E-state index contributed by atoms with van der Waals surface area (Å²) in [7, 11) is 0. The van der Waals surface area contributed by atoms with E-state index in [0.717, 1.165) is 6.07 Å². The van der Waals surface area contributed by atoms with Gasteiger partial charge in [0.1, 0.15) is 0 Å². The van der Waals surface area contributed by atoms with Crippen molar-refractivity contribution in [1.29, 1.82) is 0 Å². The van der Waals surface area contributed by atoms with Crippen LogP contribution in [0.5, 0.6) is 0 Å². The van der Waals surface area contributed by atoms with Crippen LogP contribution in [-0.2, 0) is 6.18 Å². The fourth-order valence-electron chi connectivity index (χ4n) is 2.77. The second-order valence-electron chi connectivity index (χ2n) is 5.94. The molecule has 1 unspecified atom stereocenters. The molecule has 140 valence electrons. The highest BCUT2D eigenvalue weighted by molar-refractivity contribution is 6.33. The third-order valence-corrected chi connectivity index (χ3v) is 4.42. The number of rotatable bonds is 5. The number of hydrogen-bond donors (Lipinski definition) is 2. The number of alkyl halides is 3. The molecular formula is C19H15ClF3N3O. The van der Waals surface area contributed by atoms with Crippen molar-refractivity contribution >= 4 is 23.1 Å². The second kappa shape index (κ2) is 7.44. The van der Waals surface area contributed by atoms with Crippen LogP contribution >= 0.6 is 11.6 Å². The Hall–Kier alpha value is -2.80. The van der Waals surface area contributed by atoms with Crippen molar-refractivity contribution in [2.75, 3.05) is 5.32 Å². The summed E-state index contributed by atoms with van der Waals surface area (Å²) in [6, 6.07) is 9.10. The van der Waals surface area contributed by atoms with Gasteiger partial charge in [-0.15, -0.1) is 0 Å². The van der Waals surface area contributed by atoms with Crippen LogP contribution in [0.1, 0.15) is 40.0 Å². The quantitative estimate of drug-likeness (QED) is 0.564. The Morgan fingerprint density at radius 2 is 1.96 bits per heavy atom. The molecule has 27 heavy (non-hydrogen) atoms. The van der Waals surface area contributed by atoms with Crippen LogP contribution in [0.3, 0.4) is 0 Å². The molecule has 2 N–H and O–H groups in total. The lowest BCUT2D eigenvalue weighted by molar-refractivity contribution is -0.138. The van der Waals surface area contributed by atoms with Crippen LogP contribution in [0.25, 0.3) is 0 Å². The Kier molecular flexibility index (Phi) is 5.23. The Morgan fingerprint density at radius 1 is 1.22 bits per heavy atom. The lowest BCUT2D eigenvalue weighted by Crippen LogP contribution is -2.18. The number of nitrogens with zero attached hydrogens (tertiary/aromatic N) is 1. The summed E-state index contributed by atoms with van der Waals surface area (Å²) in [6.07, 6.45) is -1.55. The molecule has 0 aliphatic carbocycles. The van der Waals surface area contributed by atoms with Crippen LogP contribution in [0.4, 0.5) is 18.9 Å². The second-order valence-corrected chi connectivity index (χ2v) is 6.35. The van der Waals surface area contributed by atoms with E-state index in [0.29, 0.717) is 16.8 Å². The van der Waals surface area contributed by atoms with Crippen LogP contribution in [0.15, 0.2) is 54.9 Å². The molecule has 0 spiro atoms. The third-order valence-electron chi connectivity index (χ3n) is 4.11. The molecule has 8 heteroatoms. The first kappa shape index (κ1) is 19.0. The predicted octanol–water partition coefficient (Wildman–Crippen LogP) is 5.49. The standard InChI is InChI=1S/C19H15ClF3N3O/c1-11(27)12-6-7-17(16(20)8-12)26-18(13-9-24-25-10-13)14-4-2-3-5-15(14)19(21,22)23/h2-10,18,26H,1H3,(H,24,25). The monoisotopic (exact) mass is 393 g/mol. The molecule has 0 radical (unpaired) electrons. The lowest BCUT2D eigenvalue weighted by Gasteiger charge is -2.23. The summed E-state index contributed by atoms with van der Waals surface area (Å²) in [4.78, 5) is 11.5. The first-order valence-corrected chi connectivity index (χ1v) is 8.37. The number of carbonyl (C=O) groups excluding carboxylic acids is 1. The van der Waals surface area contributed by atoms with E-state index in [2.05, 4.69) is 15.5 Å². The van der Waals surface area contributed by atoms with Crippen molar-refractivity contribution < 1.29 is 18.0 Å². The fourth-order valence-corrected chi connectivity index (χ4v) is 3.01. The van der Waals surface area contributed by atoms with E-state index in [-0.39, 0.29) is 16.4 Å². The number of nitrogens with one attached hydrogen (secondary N) is 2. The van der Waals surface area contributed by atoms with Gasteiger partial charge in [0.05, 0.1) is 28.5 Å². The van der Waals surface area contributed by atoms with Crippen LogP contribution in [0.2, 0.25) is 5.02 Å². The van der Waals surface area contributed by atoms with Crippen molar-refractivity contribution in [2.45, 2.75) is 19.1 Å². The van der Waals surface area contributed by atoms with Gasteiger partial charge in [0.25, 0.3) is 0 Å². The zero-order valence-electron chi connectivity index (χ0n) is 14.1. The largest absolute Gasteiger partial charge is 0.416 e. The molecule has 0 saturated carbocycles. The number of aromatic nitrogens is 2. The zero-order chi connectivity index (χ0) is 19.6. The van der Waals surface area contributed by atoms with Crippen molar-refractivity contribution in [3.63, 3.8) is 0 Å². The van der Waals surface area contributed by atoms with Crippen LogP contribution < -0.4 is 5.32 Å². The van der Waals surface area contributed by atoms with Crippen LogP contribution in [0, 0.1) is 0 Å². The maximum Gasteiger partial charge on any atom is 0.416 e. The number of anilines is 1. The number of benzene rings is 2. The van der Waals surface area contributed by atoms with E-state index >= 15 is 0 Å². The summed E-state index contributed by atoms with van der Waals surface area (Å²) < 4.78 is 40.5. The molecule has 0 fully saturated rings. The number of halogens is 4. The number of aromatic amines is 1. The molecule has 0 aliphatic heterocycles. The topological polar surface area (TPSA) is 57.8 Å². The first-order valence-electron chi connectivity index (χ1n) is 7.99. The molecule has 0 saturated heterocycles. The number of hydrogen-bond acceptors (Lipinski definition) is 3. The average molecular weight is 394 g/mol. The van der Waals surface area contributed by atoms with Crippen LogP contribution in [-0.4, -0.2) is 16.0 Å². The molecule has 3 rings (SSSR count). The highest BCUT2D eigenvalue weighted by atomic mass is 35.5. The summed E-state index contributed by atoms with van der Waals surface area (Å²) in [5.74, 6) is -0.155. The SMILES string of the molecule is CC(=O)c1ccc(NC(c2cn[nH]c2)c2ccccc2C(F)(F)F)c(Cl)c1. The Bertz CT molecular complexity index is 955. The molecule has 0 amide bonds. The molecular weight excluding hydrogens is 379 g/mol. The Morgan fingerprint density at radius 3 is 2.56 bits per heavy atom. The first-order chi connectivity index (χ1) is 12.8. The van der Waals surface area contributed by atoms with Gasteiger partial charge < -0.3 is 5.32 Å². The zero-order valence-corrected chi connectivity index (χ0v) is 14.9. The minimum absolute atomic E-state index is 0.0399. The lowest BCUT2D eigenvalue weighted by atomic mass is 9.95. The van der Waals surface area contributed by atoms with Gasteiger partial charge in [-0.1, -0.05) is 29.8 Å². The van der Waals surface area contributed by atoms with E-state index in [1.54, 1.807) is 18.2 Å². The van der Waals surface area contributed by atoms with E-state index in [1.807, 2.05) is 0 Å². The Balaban J connectivity index is 2.07. The number of H-pyrrole nitrogens is 1. The van der Waals surface area contributed by atoms with Gasteiger partial charge >= 0.3 is 6.18 Å². The molecule has 0 bridgehead atoms. The maximum absolute atomic E-state index is 13.5. The number of carbonyl (C=O) groups is 1. The molecule has 1 heterocycles. The predicted molar refractivity (Wildman–Crippen MR) is 97.0 cm³/mol. The summed E-state index contributed by atoms with van der Waals surface area (Å²) in [6.45, 7) is 1.41. The van der Waals surface area contributed by atoms with Gasteiger partial charge in [0.2, 0.25) is 0 Å². The van der Waals surface area contributed by atoms with Gasteiger partial charge in [0.15, 0.2) is 5.78 Å². The highest BCUT2D eigenvalue weighted by Crippen LogP contribution is 2.38. The number of Topliss-reactive ketones (excluding diaryl/α,β-unsaturated/α-hetero) is 1. The van der Waals surface area contributed by atoms with Crippen molar-refractivity contribution in [3.8, 4) is 0 Å². The minimum Gasteiger partial charge on any atom is -0.373 e. The molecule has 1 atom stereocenters. The van der Waals surface area contributed by atoms with Crippen molar-refractivity contribution in [1.82, 2.24) is 10.2 Å². The molecule has 0 aliphatic rings. The molecule has 2 aromatic carbocycles.